The number of nitrogens with zero attached hydrogens (tertiary/aromatic N) is 2. The Morgan fingerprint density at radius 3 is 2.45 bits per heavy atom. The van der Waals surface area contributed by atoms with E-state index in [1.165, 1.54) is 23.1 Å². The number of amidine groups is 1. The molecule has 14 heteroatoms. The second-order valence-electron chi connectivity index (χ2n) is 10.8. The number of anilines is 2. The van der Waals surface area contributed by atoms with E-state index in [0.717, 1.165) is 50.1 Å². The first-order chi connectivity index (χ1) is 18.8. The van der Waals surface area contributed by atoms with Crippen LogP contribution >= 0.6 is 0 Å². The van der Waals surface area contributed by atoms with Crippen LogP contribution in [0.15, 0.2) is 57.0 Å². The number of carbonyl (C=O) groups excluding carboxylic acids is 1. The maximum atomic E-state index is 14.0. The van der Waals surface area contributed by atoms with E-state index in [1.807, 2.05) is 0 Å². The molecule has 3 N–H and O–H groups in total. The van der Waals surface area contributed by atoms with Crippen LogP contribution in [-0.2, 0) is 31.4 Å². The van der Waals surface area contributed by atoms with Crippen molar-refractivity contribution in [2.24, 2.45) is 22.2 Å². The highest BCUT2D eigenvalue weighted by Crippen LogP contribution is 2.52. The lowest BCUT2D eigenvalue weighted by Gasteiger charge is -2.54. The number of hydrogen-bond donors (Lipinski definition) is 3. The van der Waals surface area contributed by atoms with Crippen molar-refractivity contribution >= 4 is 43.2 Å². The van der Waals surface area contributed by atoms with Gasteiger partial charge >= 0.3 is 0 Å². The molecule has 2 bridgehead atoms. The number of halogens is 2. The lowest BCUT2D eigenvalue weighted by atomic mass is 9.59. The topological polar surface area (TPSA) is 145 Å². The molecule has 10 nitrogen and oxygen atoms in total. The molecular formula is C26H26F2N4O6S2. The van der Waals surface area contributed by atoms with E-state index in [0.29, 0.717) is 5.56 Å². The molecule has 0 saturated heterocycles. The van der Waals surface area contributed by atoms with Crippen LogP contribution < -0.4 is 10.0 Å². The summed E-state index contributed by atoms with van der Waals surface area (Å²) in [6.45, 7) is -0.0612. The van der Waals surface area contributed by atoms with E-state index in [4.69, 9.17) is 0 Å². The zero-order valence-electron chi connectivity index (χ0n) is 21.3. The van der Waals surface area contributed by atoms with Gasteiger partial charge in [-0.1, -0.05) is 6.07 Å². The van der Waals surface area contributed by atoms with Crippen LogP contribution in [0, 0.1) is 29.4 Å². The van der Waals surface area contributed by atoms with E-state index in [1.54, 1.807) is 0 Å². The van der Waals surface area contributed by atoms with Crippen molar-refractivity contribution < 1.29 is 35.5 Å². The molecule has 2 aliphatic heterocycles. The number of rotatable bonds is 5. The van der Waals surface area contributed by atoms with E-state index in [-0.39, 0.29) is 57.9 Å². The van der Waals surface area contributed by atoms with Crippen LogP contribution in [0.5, 0.6) is 0 Å². The largest absolute Gasteiger partial charge is 0.511 e. The Hall–Kier alpha value is -3.52. The summed E-state index contributed by atoms with van der Waals surface area (Å²) in [6, 6.07) is 6.82. The summed E-state index contributed by atoms with van der Waals surface area (Å²) in [4.78, 5) is 15.2. The molecule has 3 aliphatic carbocycles. The van der Waals surface area contributed by atoms with Crippen molar-refractivity contribution in [1.29, 1.82) is 0 Å². The first-order valence-electron chi connectivity index (χ1n) is 12.7. The van der Waals surface area contributed by atoms with Gasteiger partial charge in [0.05, 0.1) is 11.9 Å². The van der Waals surface area contributed by atoms with Gasteiger partial charge in [-0.25, -0.2) is 17.2 Å². The van der Waals surface area contributed by atoms with Crippen molar-refractivity contribution in [2.75, 3.05) is 16.3 Å². The number of carbonyl (C=O) groups is 1. The minimum Gasteiger partial charge on any atom is -0.511 e. The number of sulfonamides is 2. The maximum absolute atomic E-state index is 14.0. The normalized spacial score (nSPS) is 27.0. The average Bonchev–Trinajstić information content (AvgIpc) is 2.88. The van der Waals surface area contributed by atoms with Crippen LogP contribution in [-0.4, -0.2) is 50.9 Å². The number of aliphatic hydroxyl groups is 1. The lowest BCUT2D eigenvalue weighted by Crippen LogP contribution is -2.60. The minimum absolute atomic E-state index is 0.0138. The highest BCUT2D eigenvalue weighted by atomic mass is 32.2. The molecule has 0 spiro atoms. The molecule has 40 heavy (non-hydrogen) atoms. The molecule has 0 radical (unpaired) electrons. The molecule has 212 valence electrons. The summed E-state index contributed by atoms with van der Waals surface area (Å²) < 4.78 is 83.3. The van der Waals surface area contributed by atoms with Crippen molar-refractivity contribution in [3.63, 3.8) is 0 Å². The van der Waals surface area contributed by atoms with Gasteiger partial charge in [0.1, 0.15) is 16.2 Å². The minimum atomic E-state index is -4.41. The van der Waals surface area contributed by atoms with Gasteiger partial charge < -0.3 is 15.3 Å². The molecule has 1 amide bonds. The zero-order valence-corrected chi connectivity index (χ0v) is 22.9. The Morgan fingerprint density at radius 1 is 1.07 bits per heavy atom. The molecule has 0 aromatic heterocycles. The Morgan fingerprint density at radius 2 is 1.77 bits per heavy atom. The first-order valence-corrected chi connectivity index (χ1v) is 16.1. The predicted molar refractivity (Wildman–Crippen MR) is 142 cm³/mol. The molecule has 2 heterocycles. The number of fused-ring (bicyclic) bond motifs is 3. The molecule has 2 aromatic carbocycles. The third-order valence-corrected chi connectivity index (χ3v) is 10.1. The Bertz CT molecular complexity index is 1720. The predicted octanol–water partition coefficient (Wildman–Crippen LogP) is 3.51. The molecule has 2 aromatic rings. The van der Waals surface area contributed by atoms with E-state index in [9.17, 15) is 35.5 Å². The summed E-state index contributed by atoms with van der Waals surface area (Å²) in [6.07, 6.45) is 4.33. The summed E-state index contributed by atoms with van der Waals surface area (Å²) in [7, 11) is -8.08. The quantitative estimate of drug-likeness (QED) is 0.482. The summed E-state index contributed by atoms with van der Waals surface area (Å²) >= 11 is 0. The molecule has 7 rings (SSSR count). The fraction of sp³-hybridized carbons (Fsp3) is 0.385. The highest BCUT2D eigenvalue weighted by Gasteiger charge is 2.54. The third kappa shape index (κ3) is 4.52. The molecule has 2 unspecified atom stereocenters. The Balaban J connectivity index is 1.42. The SMILES string of the molecule is CS(=O)(=O)Nc1ccc2c(c1)S(=O)(=O)N=C(C1=C(O)C3C4CCC(CC4)C3N(Cc3ccc(F)c(F)c3)C1=O)N2. The van der Waals surface area contributed by atoms with Gasteiger partial charge in [-0.05, 0) is 73.4 Å². The monoisotopic (exact) mass is 592 g/mol. The van der Waals surface area contributed by atoms with Gasteiger partial charge in [0.2, 0.25) is 10.0 Å². The van der Waals surface area contributed by atoms with Crippen LogP contribution in [0.2, 0.25) is 0 Å². The fourth-order valence-electron chi connectivity index (χ4n) is 6.59. The van der Waals surface area contributed by atoms with E-state index >= 15 is 0 Å². The molecule has 3 fully saturated rings. The van der Waals surface area contributed by atoms with Gasteiger partial charge in [-0.15, -0.1) is 4.40 Å². The lowest BCUT2D eigenvalue weighted by molar-refractivity contribution is -0.140. The van der Waals surface area contributed by atoms with Gasteiger partial charge in [0.25, 0.3) is 15.9 Å². The Kier molecular flexibility index (Phi) is 6.18. The smallest absolute Gasteiger partial charge is 0.286 e. The number of hydrogen-bond acceptors (Lipinski definition) is 7. The standard InChI is InChI=1S/C26H26F2N4O6S2/c1-39(35,36)30-16-7-9-19-20(11-16)40(37,38)31-25(29-19)22-24(33)21-14-3-5-15(6-4-14)23(21)32(26(22)34)12-13-2-8-17(27)18(28)10-13/h2,7-11,14-15,21,23,30,33H,3-6,12H2,1H3,(H,29,31). The van der Waals surface area contributed by atoms with Gasteiger partial charge in [-0.3, -0.25) is 9.52 Å². The van der Waals surface area contributed by atoms with Crippen LogP contribution in [0.25, 0.3) is 0 Å². The van der Waals surface area contributed by atoms with Crippen molar-refractivity contribution in [3.8, 4) is 0 Å². The number of amides is 1. The van der Waals surface area contributed by atoms with Crippen LogP contribution in [0.1, 0.15) is 31.2 Å². The average molecular weight is 593 g/mol. The van der Waals surface area contributed by atoms with Crippen LogP contribution in [0.3, 0.4) is 0 Å². The van der Waals surface area contributed by atoms with Crippen molar-refractivity contribution in [1.82, 2.24) is 4.90 Å². The molecular weight excluding hydrogens is 566 g/mol. The first kappa shape index (κ1) is 26.7. The van der Waals surface area contributed by atoms with Crippen molar-refractivity contribution in [2.45, 2.75) is 43.2 Å². The second kappa shape index (κ2) is 9.26. The van der Waals surface area contributed by atoms with Gasteiger partial charge in [-0.2, -0.15) is 8.42 Å². The fourth-order valence-corrected chi connectivity index (χ4v) is 8.29. The number of benzene rings is 2. The second-order valence-corrected chi connectivity index (χ2v) is 14.1. The molecule has 5 aliphatic rings. The zero-order chi connectivity index (χ0) is 28.6. The van der Waals surface area contributed by atoms with E-state index in [2.05, 4.69) is 14.4 Å². The number of nitrogens with one attached hydrogen (secondary N) is 2. The maximum Gasteiger partial charge on any atom is 0.286 e. The van der Waals surface area contributed by atoms with Gasteiger partial charge in [0.15, 0.2) is 17.5 Å². The third-order valence-electron chi connectivity index (χ3n) is 8.18. The van der Waals surface area contributed by atoms with E-state index < -0.39 is 43.5 Å². The summed E-state index contributed by atoms with van der Waals surface area (Å²) in [5.74, 6) is -3.62. The molecule has 2 atom stereocenters. The number of aliphatic hydroxyl groups excluding tert-OH is 1. The molecule has 3 saturated carbocycles. The highest BCUT2D eigenvalue weighted by molar-refractivity contribution is 7.92. The Labute approximate surface area is 229 Å². The van der Waals surface area contributed by atoms with Crippen LogP contribution in [0.4, 0.5) is 20.2 Å². The summed E-state index contributed by atoms with van der Waals surface area (Å²) in [5, 5.41) is 14.3. The van der Waals surface area contributed by atoms with Gasteiger partial charge in [0, 0.05) is 24.2 Å². The summed E-state index contributed by atoms with van der Waals surface area (Å²) in [5.41, 5.74) is 0.135. The van der Waals surface area contributed by atoms with Crippen molar-refractivity contribution in [3.05, 3.63) is 64.9 Å².